The highest BCUT2D eigenvalue weighted by molar-refractivity contribution is 5.90. The quantitative estimate of drug-likeness (QED) is 0.0537. The molecule has 274 valence electrons. The SMILES string of the molecule is CCCCCCCCCCCC[C@H](O)[C@H]1CC[C@H]([C@@H](C[C@@H](O)CCCCCCCCCC(O)CCC2=C[C@H](C)OC2=O)OC(C)=O)O1. The summed E-state index contributed by atoms with van der Waals surface area (Å²) in [5.41, 5.74) is 0.689. The van der Waals surface area contributed by atoms with E-state index < -0.39 is 18.3 Å². The first kappa shape index (κ1) is 41.7. The lowest BCUT2D eigenvalue weighted by Crippen LogP contribution is -2.36. The van der Waals surface area contributed by atoms with Crippen molar-refractivity contribution in [3.8, 4) is 0 Å². The second kappa shape index (κ2) is 25.5. The third-order valence-corrected chi connectivity index (χ3v) is 9.92. The van der Waals surface area contributed by atoms with Gasteiger partial charge in [0.2, 0.25) is 0 Å². The zero-order valence-corrected chi connectivity index (χ0v) is 30.2. The summed E-state index contributed by atoms with van der Waals surface area (Å²) in [4.78, 5) is 23.5. The Bertz CT molecular complexity index is 860. The average Bonchev–Trinajstić information content (AvgIpc) is 3.65. The molecule has 2 heterocycles. The highest BCUT2D eigenvalue weighted by Gasteiger charge is 2.37. The predicted molar refractivity (Wildman–Crippen MR) is 187 cm³/mol. The summed E-state index contributed by atoms with van der Waals surface area (Å²) >= 11 is 0. The van der Waals surface area contributed by atoms with Crippen LogP contribution in [0.15, 0.2) is 11.6 Å². The molecule has 47 heavy (non-hydrogen) atoms. The Morgan fingerprint density at radius 2 is 1.28 bits per heavy atom. The number of hydrogen-bond donors (Lipinski definition) is 3. The standard InChI is InChI=1S/C39H70O8/c1-4-5-6-7-8-9-10-14-17-20-23-35(43)36-26-27-37(47-36)38(46-31(3)40)29-34(42)22-19-16-13-11-12-15-18-21-33(41)25-24-32-28-30(2)45-39(32)44/h28,30,33-38,41-43H,4-27,29H2,1-3H3/t30-,33?,34-,35-,36+,37+,38+/m0/s1. The number of hydrogen-bond acceptors (Lipinski definition) is 8. The molecule has 0 amide bonds. The molecule has 0 saturated carbocycles. The number of carbonyl (C=O) groups excluding carboxylic acids is 2. The Hall–Kier alpha value is -1.48. The molecule has 0 bridgehead atoms. The number of aliphatic hydroxyl groups excluding tert-OH is 3. The van der Waals surface area contributed by atoms with Gasteiger partial charge in [-0.1, -0.05) is 116 Å². The van der Waals surface area contributed by atoms with E-state index in [9.17, 15) is 24.9 Å². The predicted octanol–water partition coefficient (Wildman–Crippen LogP) is 8.41. The minimum absolute atomic E-state index is 0.153. The smallest absolute Gasteiger partial charge is 0.334 e. The lowest BCUT2D eigenvalue weighted by Gasteiger charge is -2.27. The van der Waals surface area contributed by atoms with Crippen LogP contribution in [0.3, 0.4) is 0 Å². The van der Waals surface area contributed by atoms with E-state index in [1.165, 1.54) is 58.3 Å². The topological polar surface area (TPSA) is 123 Å². The maximum atomic E-state index is 11.8. The zero-order chi connectivity index (χ0) is 34.3. The van der Waals surface area contributed by atoms with Gasteiger partial charge in [0.15, 0.2) is 0 Å². The van der Waals surface area contributed by atoms with Crippen LogP contribution in [-0.2, 0) is 23.8 Å². The van der Waals surface area contributed by atoms with Crippen LogP contribution >= 0.6 is 0 Å². The maximum absolute atomic E-state index is 11.8. The Morgan fingerprint density at radius 3 is 1.81 bits per heavy atom. The Kier molecular flexibility index (Phi) is 22.6. The van der Waals surface area contributed by atoms with Gasteiger partial charge in [0.05, 0.1) is 30.5 Å². The molecule has 2 aliphatic rings. The molecule has 2 aliphatic heterocycles. The molecule has 7 atom stereocenters. The number of cyclic esters (lactones) is 1. The van der Waals surface area contributed by atoms with E-state index in [4.69, 9.17) is 14.2 Å². The Morgan fingerprint density at radius 1 is 0.766 bits per heavy atom. The summed E-state index contributed by atoms with van der Waals surface area (Å²) in [6.07, 6.45) is 24.6. The third-order valence-electron chi connectivity index (χ3n) is 9.92. The molecule has 0 aliphatic carbocycles. The van der Waals surface area contributed by atoms with Crippen molar-refractivity contribution >= 4 is 11.9 Å². The van der Waals surface area contributed by atoms with Gasteiger partial charge >= 0.3 is 11.9 Å². The molecule has 0 radical (unpaired) electrons. The first-order chi connectivity index (χ1) is 22.7. The summed E-state index contributed by atoms with van der Waals surface area (Å²) in [7, 11) is 0. The zero-order valence-electron chi connectivity index (χ0n) is 30.2. The van der Waals surface area contributed by atoms with Crippen molar-refractivity contribution in [2.45, 2.75) is 224 Å². The summed E-state index contributed by atoms with van der Waals surface area (Å²) in [6, 6.07) is 0. The van der Waals surface area contributed by atoms with Crippen LogP contribution < -0.4 is 0 Å². The summed E-state index contributed by atoms with van der Waals surface area (Å²) < 4.78 is 16.9. The summed E-state index contributed by atoms with van der Waals surface area (Å²) in [6.45, 7) is 5.50. The fourth-order valence-electron chi connectivity index (χ4n) is 7.07. The highest BCUT2D eigenvalue weighted by Crippen LogP contribution is 2.30. The second-order valence-electron chi connectivity index (χ2n) is 14.4. The van der Waals surface area contributed by atoms with Gasteiger partial charge in [-0.3, -0.25) is 4.79 Å². The molecule has 2 rings (SSSR count). The monoisotopic (exact) mass is 667 g/mol. The van der Waals surface area contributed by atoms with Crippen molar-refractivity contribution in [2.24, 2.45) is 0 Å². The average molecular weight is 667 g/mol. The second-order valence-corrected chi connectivity index (χ2v) is 14.4. The van der Waals surface area contributed by atoms with Crippen molar-refractivity contribution < 1.29 is 39.1 Å². The number of aliphatic hydroxyl groups is 3. The fourth-order valence-corrected chi connectivity index (χ4v) is 7.07. The summed E-state index contributed by atoms with van der Waals surface area (Å²) in [5, 5.41) is 31.7. The number of ether oxygens (including phenoxy) is 3. The molecular weight excluding hydrogens is 596 g/mol. The molecule has 1 saturated heterocycles. The normalized spacial score (nSPS) is 22.1. The van der Waals surface area contributed by atoms with Crippen LogP contribution in [0.25, 0.3) is 0 Å². The van der Waals surface area contributed by atoms with Crippen molar-refractivity contribution in [3.05, 3.63) is 11.6 Å². The van der Waals surface area contributed by atoms with Gasteiger partial charge in [-0.15, -0.1) is 0 Å². The maximum Gasteiger partial charge on any atom is 0.334 e. The number of unbranched alkanes of at least 4 members (excludes halogenated alkanes) is 15. The molecule has 1 unspecified atom stereocenters. The molecule has 1 fully saturated rings. The van der Waals surface area contributed by atoms with Crippen molar-refractivity contribution in [1.29, 1.82) is 0 Å². The van der Waals surface area contributed by atoms with E-state index in [1.54, 1.807) is 0 Å². The van der Waals surface area contributed by atoms with Crippen LogP contribution in [-0.4, -0.2) is 70.0 Å². The number of rotatable bonds is 29. The van der Waals surface area contributed by atoms with Gasteiger partial charge in [0.25, 0.3) is 0 Å². The van der Waals surface area contributed by atoms with Crippen molar-refractivity contribution in [3.63, 3.8) is 0 Å². The molecular formula is C39H70O8. The largest absolute Gasteiger partial charge is 0.460 e. The minimum atomic E-state index is -0.551. The van der Waals surface area contributed by atoms with Gasteiger partial charge < -0.3 is 29.5 Å². The van der Waals surface area contributed by atoms with Crippen LogP contribution in [0.5, 0.6) is 0 Å². The highest BCUT2D eigenvalue weighted by atomic mass is 16.6. The van der Waals surface area contributed by atoms with Crippen LogP contribution in [0.4, 0.5) is 0 Å². The third kappa shape index (κ3) is 19.3. The molecule has 8 nitrogen and oxygen atoms in total. The molecule has 0 aromatic rings. The van der Waals surface area contributed by atoms with Gasteiger partial charge in [-0.05, 0) is 57.9 Å². The lowest BCUT2D eigenvalue weighted by atomic mass is 9.98. The van der Waals surface area contributed by atoms with Gasteiger partial charge in [0.1, 0.15) is 12.2 Å². The fraction of sp³-hybridized carbons (Fsp3) is 0.897. The number of esters is 2. The van der Waals surface area contributed by atoms with E-state index in [1.807, 2.05) is 13.0 Å². The van der Waals surface area contributed by atoms with Gasteiger partial charge in [-0.2, -0.15) is 0 Å². The van der Waals surface area contributed by atoms with E-state index in [-0.39, 0.29) is 36.4 Å². The minimum Gasteiger partial charge on any atom is -0.460 e. The van der Waals surface area contributed by atoms with E-state index in [0.29, 0.717) is 31.3 Å². The van der Waals surface area contributed by atoms with Crippen LogP contribution in [0, 0.1) is 0 Å². The Labute approximate surface area is 286 Å². The molecule has 0 spiro atoms. The van der Waals surface area contributed by atoms with Gasteiger partial charge in [-0.25, -0.2) is 4.79 Å². The van der Waals surface area contributed by atoms with Crippen LogP contribution in [0.1, 0.15) is 181 Å². The van der Waals surface area contributed by atoms with Crippen molar-refractivity contribution in [2.75, 3.05) is 0 Å². The van der Waals surface area contributed by atoms with E-state index >= 15 is 0 Å². The molecule has 8 heteroatoms. The lowest BCUT2D eigenvalue weighted by molar-refractivity contribution is -0.159. The van der Waals surface area contributed by atoms with E-state index in [2.05, 4.69) is 6.92 Å². The van der Waals surface area contributed by atoms with Crippen LogP contribution in [0.2, 0.25) is 0 Å². The first-order valence-corrected chi connectivity index (χ1v) is 19.5. The van der Waals surface area contributed by atoms with Crippen molar-refractivity contribution in [1.82, 2.24) is 0 Å². The Balaban J connectivity index is 1.50. The first-order valence-electron chi connectivity index (χ1n) is 19.5. The summed E-state index contributed by atoms with van der Waals surface area (Å²) in [5.74, 6) is -0.610. The van der Waals surface area contributed by atoms with E-state index in [0.717, 1.165) is 83.5 Å². The molecule has 0 aromatic carbocycles. The molecule has 3 N–H and O–H groups in total. The molecule has 0 aromatic heterocycles. The van der Waals surface area contributed by atoms with Gasteiger partial charge in [0, 0.05) is 18.9 Å². The number of carbonyl (C=O) groups is 2.